The molecule has 0 atom stereocenters. The van der Waals surface area contributed by atoms with E-state index in [9.17, 15) is 4.79 Å². The number of nitrogens with one attached hydrogen (secondary N) is 1. The zero-order chi connectivity index (χ0) is 14.0. The SMILES string of the molecule is CC(=O)CC(C)(C)c1ccnc(NC(C)(C)C)c1. The van der Waals surface area contributed by atoms with E-state index in [1.54, 1.807) is 13.1 Å². The molecule has 3 nitrogen and oxygen atoms in total. The van der Waals surface area contributed by atoms with Crippen molar-refractivity contribution >= 4 is 11.6 Å². The number of carbonyl (C=O) groups excluding carboxylic acids is 1. The molecule has 1 N–H and O–H groups in total. The maximum Gasteiger partial charge on any atom is 0.130 e. The van der Waals surface area contributed by atoms with Gasteiger partial charge in [-0.2, -0.15) is 0 Å². The van der Waals surface area contributed by atoms with Crippen molar-refractivity contribution in [3.63, 3.8) is 0 Å². The van der Waals surface area contributed by atoms with E-state index in [0.717, 1.165) is 11.4 Å². The van der Waals surface area contributed by atoms with Gasteiger partial charge in [0.15, 0.2) is 0 Å². The van der Waals surface area contributed by atoms with Crippen molar-refractivity contribution in [2.75, 3.05) is 5.32 Å². The molecule has 0 aliphatic rings. The summed E-state index contributed by atoms with van der Waals surface area (Å²) in [7, 11) is 0. The number of aromatic nitrogens is 1. The summed E-state index contributed by atoms with van der Waals surface area (Å²) in [5, 5.41) is 3.35. The topological polar surface area (TPSA) is 42.0 Å². The molecule has 1 aromatic rings. The van der Waals surface area contributed by atoms with E-state index in [2.05, 4.69) is 44.9 Å². The average Bonchev–Trinajstić information content (AvgIpc) is 2.13. The lowest BCUT2D eigenvalue weighted by atomic mass is 9.81. The molecule has 0 radical (unpaired) electrons. The standard InChI is InChI=1S/C15H24N2O/c1-11(18)10-15(5,6)12-7-8-16-13(9-12)17-14(2,3)4/h7-9H,10H2,1-6H3,(H,16,17). The lowest BCUT2D eigenvalue weighted by Crippen LogP contribution is -2.27. The smallest absolute Gasteiger partial charge is 0.130 e. The molecule has 0 bridgehead atoms. The van der Waals surface area contributed by atoms with Crippen LogP contribution in [-0.4, -0.2) is 16.3 Å². The van der Waals surface area contributed by atoms with Crippen LogP contribution in [0.4, 0.5) is 5.82 Å². The zero-order valence-electron chi connectivity index (χ0n) is 12.3. The first-order valence-electron chi connectivity index (χ1n) is 6.34. The highest BCUT2D eigenvalue weighted by molar-refractivity contribution is 5.77. The Bertz CT molecular complexity index is 430. The van der Waals surface area contributed by atoms with Crippen molar-refractivity contribution < 1.29 is 4.79 Å². The molecule has 100 valence electrons. The Morgan fingerprint density at radius 1 is 1.28 bits per heavy atom. The number of pyridine rings is 1. The van der Waals surface area contributed by atoms with Crippen LogP contribution < -0.4 is 5.32 Å². The van der Waals surface area contributed by atoms with Gasteiger partial charge in [0.05, 0.1) is 0 Å². The second kappa shape index (κ2) is 5.09. The van der Waals surface area contributed by atoms with Crippen molar-refractivity contribution in [3.05, 3.63) is 23.9 Å². The Morgan fingerprint density at radius 3 is 2.39 bits per heavy atom. The summed E-state index contributed by atoms with van der Waals surface area (Å²) in [6, 6.07) is 4.02. The van der Waals surface area contributed by atoms with Crippen LogP contribution in [0.15, 0.2) is 18.3 Å². The van der Waals surface area contributed by atoms with E-state index >= 15 is 0 Å². The van der Waals surface area contributed by atoms with Crippen molar-refractivity contribution in [1.29, 1.82) is 0 Å². The lowest BCUT2D eigenvalue weighted by Gasteiger charge is -2.26. The van der Waals surface area contributed by atoms with Gasteiger partial charge < -0.3 is 5.32 Å². The predicted octanol–water partition coefficient (Wildman–Crippen LogP) is 3.55. The zero-order valence-corrected chi connectivity index (χ0v) is 12.3. The summed E-state index contributed by atoms with van der Waals surface area (Å²) < 4.78 is 0. The minimum absolute atomic E-state index is 0.0175. The van der Waals surface area contributed by atoms with Crippen LogP contribution in [0.25, 0.3) is 0 Å². The molecule has 0 fully saturated rings. The van der Waals surface area contributed by atoms with Crippen molar-refractivity contribution in [2.24, 2.45) is 0 Å². The van der Waals surface area contributed by atoms with Crippen LogP contribution in [0.1, 0.15) is 53.5 Å². The number of Topliss-reactive ketones (excluding diaryl/α,β-unsaturated/α-hetero) is 1. The molecule has 0 unspecified atom stereocenters. The van der Waals surface area contributed by atoms with Crippen molar-refractivity contribution in [3.8, 4) is 0 Å². The van der Waals surface area contributed by atoms with Gasteiger partial charge >= 0.3 is 0 Å². The second-order valence-corrected chi connectivity index (χ2v) is 6.57. The highest BCUT2D eigenvalue weighted by Crippen LogP contribution is 2.28. The minimum atomic E-state index is -0.150. The third kappa shape index (κ3) is 4.47. The molecule has 0 saturated carbocycles. The number of hydrogen-bond donors (Lipinski definition) is 1. The first kappa shape index (κ1) is 14.7. The molecule has 0 spiro atoms. The summed E-state index contributed by atoms with van der Waals surface area (Å²) >= 11 is 0. The van der Waals surface area contributed by atoms with E-state index in [-0.39, 0.29) is 16.7 Å². The van der Waals surface area contributed by atoms with Gasteiger partial charge in [0.25, 0.3) is 0 Å². The van der Waals surface area contributed by atoms with Gasteiger partial charge in [0, 0.05) is 18.2 Å². The Labute approximate surface area is 110 Å². The van der Waals surface area contributed by atoms with Gasteiger partial charge in [0.2, 0.25) is 0 Å². The summed E-state index contributed by atoms with van der Waals surface area (Å²) in [6.07, 6.45) is 2.34. The molecule has 0 aromatic carbocycles. The van der Waals surface area contributed by atoms with Crippen LogP contribution in [0.5, 0.6) is 0 Å². The third-order valence-electron chi connectivity index (χ3n) is 2.74. The lowest BCUT2D eigenvalue weighted by molar-refractivity contribution is -0.118. The fourth-order valence-electron chi connectivity index (χ4n) is 2.03. The van der Waals surface area contributed by atoms with Crippen LogP contribution in [-0.2, 0) is 10.2 Å². The minimum Gasteiger partial charge on any atom is -0.365 e. The normalized spacial score (nSPS) is 12.3. The number of hydrogen-bond acceptors (Lipinski definition) is 3. The van der Waals surface area contributed by atoms with Gasteiger partial charge in [-0.25, -0.2) is 4.98 Å². The molecular weight excluding hydrogens is 224 g/mol. The van der Waals surface area contributed by atoms with Gasteiger partial charge in [-0.05, 0) is 50.8 Å². The number of carbonyl (C=O) groups is 1. The molecule has 1 heterocycles. The Kier molecular flexibility index (Phi) is 4.15. The summed E-state index contributed by atoms with van der Waals surface area (Å²) in [6.45, 7) is 12.1. The molecule has 0 aliphatic carbocycles. The van der Waals surface area contributed by atoms with Crippen LogP contribution in [0.2, 0.25) is 0 Å². The third-order valence-corrected chi connectivity index (χ3v) is 2.74. The fraction of sp³-hybridized carbons (Fsp3) is 0.600. The number of rotatable bonds is 4. The summed E-state index contributed by atoms with van der Waals surface area (Å²) in [5.74, 6) is 1.07. The van der Waals surface area contributed by atoms with Gasteiger partial charge in [-0.15, -0.1) is 0 Å². The first-order chi connectivity index (χ1) is 8.10. The molecule has 0 aliphatic heterocycles. The second-order valence-electron chi connectivity index (χ2n) is 6.57. The Balaban J connectivity index is 2.97. The molecular formula is C15H24N2O. The first-order valence-corrected chi connectivity index (χ1v) is 6.34. The monoisotopic (exact) mass is 248 g/mol. The number of ketones is 1. The fourth-order valence-corrected chi connectivity index (χ4v) is 2.03. The van der Waals surface area contributed by atoms with E-state index in [1.165, 1.54) is 0 Å². The highest BCUT2D eigenvalue weighted by Gasteiger charge is 2.23. The van der Waals surface area contributed by atoms with Gasteiger partial charge in [-0.1, -0.05) is 13.8 Å². The quantitative estimate of drug-likeness (QED) is 0.886. The van der Waals surface area contributed by atoms with Crippen molar-refractivity contribution in [2.45, 2.75) is 58.9 Å². The van der Waals surface area contributed by atoms with Crippen molar-refractivity contribution in [1.82, 2.24) is 4.98 Å². The molecule has 0 saturated heterocycles. The summed E-state index contributed by atoms with van der Waals surface area (Å²) in [5.41, 5.74) is 0.971. The van der Waals surface area contributed by atoms with Crippen LogP contribution >= 0.6 is 0 Å². The van der Waals surface area contributed by atoms with E-state index in [0.29, 0.717) is 6.42 Å². The van der Waals surface area contributed by atoms with Gasteiger partial charge in [0.1, 0.15) is 11.6 Å². The maximum absolute atomic E-state index is 11.3. The van der Waals surface area contributed by atoms with Gasteiger partial charge in [-0.3, -0.25) is 4.79 Å². The number of anilines is 1. The largest absolute Gasteiger partial charge is 0.365 e. The molecule has 1 aromatic heterocycles. The van der Waals surface area contributed by atoms with E-state index in [4.69, 9.17) is 0 Å². The van der Waals surface area contributed by atoms with E-state index < -0.39 is 0 Å². The molecule has 1 rings (SSSR count). The van der Waals surface area contributed by atoms with Crippen LogP contribution in [0.3, 0.4) is 0 Å². The number of nitrogens with zero attached hydrogens (tertiary/aromatic N) is 1. The molecule has 18 heavy (non-hydrogen) atoms. The molecule has 3 heteroatoms. The predicted molar refractivity (Wildman–Crippen MR) is 75.9 cm³/mol. The van der Waals surface area contributed by atoms with E-state index in [1.807, 2.05) is 12.1 Å². The van der Waals surface area contributed by atoms with Crippen LogP contribution in [0, 0.1) is 0 Å². The Hall–Kier alpha value is -1.38. The maximum atomic E-state index is 11.3. The highest BCUT2D eigenvalue weighted by atomic mass is 16.1. The Morgan fingerprint density at radius 2 is 1.89 bits per heavy atom. The molecule has 0 amide bonds. The average molecular weight is 248 g/mol. The summed E-state index contributed by atoms with van der Waals surface area (Å²) in [4.78, 5) is 15.6.